The van der Waals surface area contributed by atoms with Gasteiger partial charge in [0.1, 0.15) is 11.5 Å². The maximum Gasteiger partial charge on any atom is 0.262 e. The number of fused-ring (bicyclic) bond motifs is 1. The fourth-order valence-electron chi connectivity index (χ4n) is 3.33. The van der Waals surface area contributed by atoms with Gasteiger partial charge in [-0.25, -0.2) is 4.98 Å². The fraction of sp³-hybridized carbons (Fsp3) is 0.0833. The maximum absolute atomic E-state index is 13.2. The molecule has 31 heavy (non-hydrogen) atoms. The highest BCUT2D eigenvalue weighted by Gasteiger charge is 2.14. The summed E-state index contributed by atoms with van der Waals surface area (Å²) in [6.07, 6.45) is 3.48. The van der Waals surface area contributed by atoms with Gasteiger partial charge in [-0.1, -0.05) is 65.4 Å². The highest BCUT2D eigenvalue weighted by Crippen LogP contribution is 2.25. The van der Waals surface area contributed by atoms with Crippen molar-refractivity contribution in [2.75, 3.05) is 0 Å². The molecule has 0 atom stereocenters. The Morgan fingerprint density at radius 3 is 2.65 bits per heavy atom. The van der Waals surface area contributed by atoms with Gasteiger partial charge < -0.3 is 4.52 Å². The van der Waals surface area contributed by atoms with Crippen molar-refractivity contribution in [1.29, 1.82) is 0 Å². The molecule has 6 nitrogen and oxygen atoms in total. The van der Waals surface area contributed by atoms with Crippen LogP contribution < -0.4 is 5.56 Å². The van der Waals surface area contributed by atoms with Crippen LogP contribution in [0.15, 0.2) is 99.7 Å². The van der Waals surface area contributed by atoms with Gasteiger partial charge in [-0.3, -0.25) is 14.3 Å². The smallest absolute Gasteiger partial charge is 0.262 e. The van der Waals surface area contributed by atoms with Gasteiger partial charge in [0, 0.05) is 24.0 Å². The van der Waals surface area contributed by atoms with E-state index in [0.717, 1.165) is 22.6 Å². The Bertz CT molecular complexity index is 1380. The van der Waals surface area contributed by atoms with Crippen LogP contribution in [0.3, 0.4) is 0 Å². The largest absolute Gasteiger partial charge is 0.360 e. The molecule has 0 saturated carbocycles. The van der Waals surface area contributed by atoms with E-state index in [0.29, 0.717) is 28.4 Å². The lowest BCUT2D eigenvalue weighted by Crippen LogP contribution is -2.24. The molecule has 0 aliphatic carbocycles. The first-order chi connectivity index (χ1) is 15.3. The van der Waals surface area contributed by atoms with Crippen LogP contribution in [0.1, 0.15) is 11.3 Å². The summed E-state index contributed by atoms with van der Waals surface area (Å²) < 4.78 is 7.21. The third kappa shape index (κ3) is 4.13. The van der Waals surface area contributed by atoms with Crippen molar-refractivity contribution in [3.05, 3.63) is 107 Å². The first-order valence-electron chi connectivity index (χ1n) is 9.80. The summed E-state index contributed by atoms with van der Waals surface area (Å²) in [5.41, 5.74) is 3.34. The Morgan fingerprint density at radius 2 is 1.81 bits per heavy atom. The predicted molar refractivity (Wildman–Crippen MR) is 121 cm³/mol. The van der Waals surface area contributed by atoms with Crippen LogP contribution >= 0.6 is 11.8 Å². The number of pyridine rings is 1. The van der Waals surface area contributed by atoms with E-state index in [2.05, 4.69) is 10.1 Å². The topological polar surface area (TPSA) is 73.8 Å². The second kappa shape index (κ2) is 8.57. The van der Waals surface area contributed by atoms with Gasteiger partial charge in [0.25, 0.3) is 5.56 Å². The average Bonchev–Trinajstić information content (AvgIpc) is 3.30. The van der Waals surface area contributed by atoms with Crippen LogP contribution in [-0.2, 0) is 12.3 Å². The van der Waals surface area contributed by atoms with Crippen LogP contribution in [0.25, 0.3) is 22.2 Å². The normalized spacial score (nSPS) is 11.1. The van der Waals surface area contributed by atoms with Gasteiger partial charge in [-0.15, -0.1) is 0 Å². The van der Waals surface area contributed by atoms with E-state index in [9.17, 15) is 4.79 Å². The van der Waals surface area contributed by atoms with Crippen LogP contribution in [0, 0.1) is 0 Å². The molecule has 152 valence electrons. The van der Waals surface area contributed by atoms with Crippen LogP contribution in [0.5, 0.6) is 0 Å². The first kappa shape index (κ1) is 19.3. The molecular weight excluding hydrogens is 408 g/mol. The zero-order valence-electron chi connectivity index (χ0n) is 16.5. The van der Waals surface area contributed by atoms with Gasteiger partial charge >= 0.3 is 0 Å². The van der Waals surface area contributed by atoms with E-state index in [-0.39, 0.29) is 5.56 Å². The minimum absolute atomic E-state index is 0.0699. The number of nitrogens with zero attached hydrogens (tertiary/aromatic N) is 4. The number of hydrogen-bond donors (Lipinski definition) is 0. The van der Waals surface area contributed by atoms with Crippen LogP contribution in [-0.4, -0.2) is 19.7 Å². The molecule has 0 N–H and O–H groups in total. The molecule has 5 rings (SSSR count). The Labute approximate surface area is 182 Å². The second-order valence-corrected chi connectivity index (χ2v) is 7.94. The lowest BCUT2D eigenvalue weighted by Gasteiger charge is -2.12. The minimum Gasteiger partial charge on any atom is -0.360 e. The predicted octanol–water partition coefficient (Wildman–Crippen LogP) is 4.79. The van der Waals surface area contributed by atoms with Crippen LogP contribution in [0.2, 0.25) is 0 Å². The molecule has 2 aromatic carbocycles. The number of hydrogen-bond acceptors (Lipinski definition) is 6. The zero-order chi connectivity index (χ0) is 21.0. The van der Waals surface area contributed by atoms with Gasteiger partial charge in [0.15, 0.2) is 5.16 Å². The monoisotopic (exact) mass is 426 g/mol. The lowest BCUT2D eigenvalue weighted by atomic mass is 10.1. The summed E-state index contributed by atoms with van der Waals surface area (Å²) in [4.78, 5) is 22.1. The van der Waals surface area contributed by atoms with E-state index >= 15 is 0 Å². The van der Waals surface area contributed by atoms with Crippen molar-refractivity contribution in [3.63, 3.8) is 0 Å². The number of benzene rings is 2. The Kier molecular flexibility index (Phi) is 5.33. The summed E-state index contributed by atoms with van der Waals surface area (Å²) in [6.45, 7) is 0.401. The number of aromatic nitrogens is 4. The van der Waals surface area contributed by atoms with E-state index in [1.165, 1.54) is 11.8 Å². The molecule has 0 bridgehead atoms. The molecular formula is C24H18N4O2S. The molecule has 0 saturated heterocycles. The van der Waals surface area contributed by atoms with Crippen molar-refractivity contribution in [3.8, 4) is 11.3 Å². The zero-order valence-corrected chi connectivity index (χ0v) is 17.3. The van der Waals surface area contributed by atoms with Gasteiger partial charge in [0.2, 0.25) is 0 Å². The van der Waals surface area contributed by atoms with E-state index in [4.69, 9.17) is 9.51 Å². The molecule has 0 amide bonds. The summed E-state index contributed by atoms with van der Waals surface area (Å²) in [7, 11) is 0. The lowest BCUT2D eigenvalue weighted by molar-refractivity contribution is 0.397. The number of para-hydroxylation sites is 1. The third-order valence-corrected chi connectivity index (χ3v) is 5.86. The van der Waals surface area contributed by atoms with Crippen molar-refractivity contribution >= 4 is 22.7 Å². The maximum atomic E-state index is 13.2. The van der Waals surface area contributed by atoms with E-state index in [1.54, 1.807) is 23.0 Å². The second-order valence-electron chi connectivity index (χ2n) is 7.00. The van der Waals surface area contributed by atoms with Gasteiger partial charge in [0.05, 0.1) is 23.2 Å². The number of thioether (sulfide) groups is 1. The molecule has 3 heterocycles. The SMILES string of the molecule is O=c1c2ccccc2nc(SCc2cc(-c3ccccc3)no2)n1Cc1cccnc1. The van der Waals surface area contributed by atoms with Crippen molar-refractivity contribution in [2.45, 2.75) is 17.5 Å². The molecule has 0 spiro atoms. The van der Waals surface area contributed by atoms with Crippen molar-refractivity contribution < 1.29 is 4.52 Å². The molecule has 0 unspecified atom stereocenters. The molecule has 0 fully saturated rings. The average molecular weight is 427 g/mol. The Balaban J connectivity index is 1.47. The molecule has 3 aromatic heterocycles. The summed E-state index contributed by atoms with van der Waals surface area (Å²) in [5, 5.41) is 5.40. The first-order valence-corrected chi connectivity index (χ1v) is 10.8. The minimum atomic E-state index is -0.0699. The Hall–Kier alpha value is -3.71. The van der Waals surface area contributed by atoms with Gasteiger partial charge in [-0.05, 0) is 23.8 Å². The van der Waals surface area contributed by atoms with Gasteiger partial charge in [-0.2, -0.15) is 0 Å². The molecule has 0 aliphatic rings. The summed E-state index contributed by atoms with van der Waals surface area (Å²) in [6, 6.07) is 23.0. The standard InChI is InChI=1S/C24H18N4O2S/c29-23-20-10-4-5-11-21(20)26-24(28(23)15-17-7-6-12-25-14-17)31-16-19-13-22(27-30-19)18-8-2-1-3-9-18/h1-14H,15-16H2. The molecule has 5 aromatic rings. The molecule has 7 heteroatoms. The summed E-state index contributed by atoms with van der Waals surface area (Å²) in [5.74, 6) is 1.23. The van der Waals surface area contributed by atoms with E-state index in [1.807, 2.05) is 66.7 Å². The fourth-order valence-corrected chi connectivity index (χ4v) is 4.21. The third-order valence-electron chi connectivity index (χ3n) is 4.86. The number of rotatable bonds is 6. The van der Waals surface area contributed by atoms with E-state index < -0.39 is 0 Å². The summed E-state index contributed by atoms with van der Waals surface area (Å²) >= 11 is 1.45. The molecule has 0 radical (unpaired) electrons. The van der Waals surface area contributed by atoms with Crippen molar-refractivity contribution in [2.24, 2.45) is 0 Å². The Morgan fingerprint density at radius 1 is 0.968 bits per heavy atom. The van der Waals surface area contributed by atoms with Crippen molar-refractivity contribution in [1.82, 2.24) is 19.7 Å². The highest BCUT2D eigenvalue weighted by atomic mass is 32.2. The van der Waals surface area contributed by atoms with Crippen LogP contribution in [0.4, 0.5) is 0 Å². The quantitative estimate of drug-likeness (QED) is 0.287. The highest BCUT2D eigenvalue weighted by molar-refractivity contribution is 7.98. The molecule has 0 aliphatic heterocycles.